The van der Waals surface area contributed by atoms with Crippen LogP contribution in [0.1, 0.15) is 0 Å². The molecular formula is C8H6IN. The van der Waals surface area contributed by atoms with Crippen LogP contribution in [0.2, 0.25) is 0 Å². The van der Waals surface area contributed by atoms with Crippen LogP contribution in [0.3, 0.4) is 0 Å². The standard InChI is InChI=1S/C8H6IN/c9-8-5-4-7-3-1-2-6-10(7)8/h1-6H. The Morgan fingerprint density at radius 1 is 1.10 bits per heavy atom. The minimum atomic E-state index is 1.26. The van der Waals surface area contributed by atoms with Gasteiger partial charge in [0.05, 0.1) is 3.70 Å². The van der Waals surface area contributed by atoms with Gasteiger partial charge >= 0.3 is 0 Å². The minimum absolute atomic E-state index is 1.26. The summed E-state index contributed by atoms with van der Waals surface area (Å²) in [7, 11) is 0. The van der Waals surface area contributed by atoms with E-state index in [9.17, 15) is 0 Å². The summed E-state index contributed by atoms with van der Waals surface area (Å²) in [6.07, 6.45) is 2.07. The normalized spacial score (nSPS) is 10.5. The Hall–Kier alpha value is -0.510. The second-order valence-corrected chi connectivity index (χ2v) is 3.26. The molecular weight excluding hydrogens is 237 g/mol. The van der Waals surface area contributed by atoms with Crippen LogP contribution in [0, 0.1) is 3.70 Å². The van der Waals surface area contributed by atoms with Gasteiger partial charge in [0.15, 0.2) is 0 Å². The first-order valence-corrected chi connectivity index (χ1v) is 4.17. The molecule has 0 saturated heterocycles. The van der Waals surface area contributed by atoms with E-state index in [1.54, 1.807) is 0 Å². The highest BCUT2D eigenvalue weighted by Gasteiger charge is 1.93. The summed E-state index contributed by atoms with van der Waals surface area (Å²) in [5.41, 5.74) is 1.26. The summed E-state index contributed by atoms with van der Waals surface area (Å²) in [6.45, 7) is 0. The fraction of sp³-hybridized carbons (Fsp3) is 0. The van der Waals surface area contributed by atoms with E-state index in [-0.39, 0.29) is 0 Å². The van der Waals surface area contributed by atoms with Crippen molar-refractivity contribution in [3.8, 4) is 0 Å². The Morgan fingerprint density at radius 3 is 2.80 bits per heavy atom. The van der Waals surface area contributed by atoms with Crippen molar-refractivity contribution < 1.29 is 0 Å². The molecule has 10 heavy (non-hydrogen) atoms. The Morgan fingerprint density at radius 2 is 2.00 bits per heavy atom. The van der Waals surface area contributed by atoms with Crippen LogP contribution >= 0.6 is 22.6 Å². The molecule has 0 fully saturated rings. The molecule has 0 atom stereocenters. The van der Waals surface area contributed by atoms with Gasteiger partial charge in [-0.25, -0.2) is 0 Å². The third-order valence-electron chi connectivity index (χ3n) is 1.51. The average molecular weight is 243 g/mol. The summed E-state index contributed by atoms with van der Waals surface area (Å²) < 4.78 is 3.41. The molecule has 2 rings (SSSR count). The van der Waals surface area contributed by atoms with Gasteiger partial charge in [0.25, 0.3) is 0 Å². The Bertz CT molecular complexity index is 351. The molecule has 0 amide bonds. The smallest absolute Gasteiger partial charge is 0.0844 e. The highest BCUT2D eigenvalue weighted by atomic mass is 127. The van der Waals surface area contributed by atoms with Gasteiger partial charge in [-0.3, -0.25) is 0 Å². The molecule has 1 nitrogen and oxygen atoms in total. The first kappa shape index (κ1) is 6.22. The number of pyridine rings is 1. The van der Waals surface area contributed by atoms with Gasteiger partial charge in [0, 0.05) is 11.7 Å². The van der Waals surface area contributed by atoms with E-state index < -0.39 is 0 Å². The number of hydrogen-bond acceptors (Lipinski definition) is 0. The van der Waals surface area contributed by atoms with Crippen molar-refractivity contribution in [3.63, 3.8) is 0 Å². The van der Waals surface area contributed by atoms with Crippen LogP contribution in [0.4, 0.5) is 0 Å². The van der Waals surface area contributed by atoms with Crippen LogP contribution in [0.5, 0.6) is 0 Å². The molecule has 0 aliphatic heterocycles. The quantitative estimate of drug-likeness (QED) is 0.626. The topological polar surface area (TPSA) is 4.41 Å². The molecule has 2 heteroatoms. The third kappa shape index (κ3) is 0.831. The van der Waals surface area contributed by atoms with Crippen LogP contribution in [-0.4, -0.2) is 4.40 Å². The third-order valence-corrected chi connectivity index (χ3v) is 2.39. The molecule has 0 bridgehead atoms. The molecule has 2 heterocycles. The lowest BCUT2D eigenvalue weighted by Crippen LogP contribution is -1.82. The zero-order valence-corrected chi connectivity index (χ0v) is 7.45. The molecule has 2 aromatic heterocycles. The number of rotatable bonds is 0. The van der Waals surface area contributed by atoms with Crippen molar-refractivity contribution in [2.45, 2.75) is 0 Å². The van der Waals surface area contributed by atoms with Crippen LogP contribution < -0.4 is 0 Å². The van der Waals surface area contributed by atoms with E-state index in [1.807, 2.05) is 12.1 Å². The SMILES string of the molecule is Ic1ccc2ccccn12. The van der Waals surface area contributed by atoms with E-state index in [0.29, 0.717) is 0 Å². The van der Waals surface area contributed by atoms with Gasteiger partial charge in [-0.15, -0.1) is 0 Å². The van der Waals surface area contributed by atoms with E-state index in [4.69, 9.17) is 0 Å². The maximum atomic E-state index is 2.32. The summed E-state index contributed by atoms with van der Waals surface area (Å²) >= 11 is 2.32. The second kappa shape index (κ2) is 2.27. The lowest BCUT2D eigenvalue weighted by atomic mass is 10.4. The van der Waals surface area contributed by atoms with Crippen molar-refractivity contribution in [1.82, 2.24) is 4.40 Å². The predicted octanol–water partition coefficient (Wildman–Crippen LogP) is 2.54. The molecule has 0 radical (unpaired) electrons. The van der Waals surface area contributed by atoms with Crippen molar-refractivity contribution in [1.29, 1.82) is 0 Å². The van der Waals surface area contributed by atoms with Crippen molar-refractivity contribution in [3.05, 3.63) is 40.2 Å². The minimum Gasteiger partial charge on any atom is -0.312 e. The maximum Gasteiger partial charge on any atom is 0.0844 e. The van der Waals surface area contributed by atoms with E-state index in [0.717, 1.165) is 0 Å². The van der Waals surface area contributed by atoms with Crippen LogP contribution in [-0.2, 0) is 0 Å². The highest BCUT2D eigenvalue weighted by molar-refractivity contribution is 14.1. The van der Waals surface area contributed by atoms with E-state index in [1.165, 1.54) is 9.22 Å². The molecule has 0 saturated carbocycles. The van der Waals surface area contributed by atoms with Crippen molar-refractivity contribution >= 4 is 28.1 Å². The van der Waals surface area contributed by atoms with Gasteiger partial charge in [0.2, 0.25) is 0 Å². The zero-order valence-electron chi connectivity index (χ0n) is 5.29. The van der Waals surface area contributed by atoms with Gasteiger partial charge in [0.1, 0.15) is 0 Å². The number of aromatic nitrogens is 1. The fourth-order valence-corrected chi connectivity index (χ4v) is 1.64. The average Bonchev–Trinajstić information content (AvgIpc) is 2.34. The molecule has 0 spiro atoms. The van der Waals surface area contributed by atoms with E-state index in [2.05, 4.69) is 51.4 Å². The van der Waals surface area contributed by atoms with Gasteiger partial charge in [-0.2, -0.15) is 0 Å². The largest absolute Gasteiger partial charge is 0.312 e. The number of fused-ring (bicyclic) bond motifs is 1. The monoisotopic (exact) mass is 243 g/mol. The van der Waals surface area contributed by atoms with Gasteiger partial charge in [-0.1, -0.05) is 6.07 Å². The van der Waals surface area contributed by atoms with Crippen molar-refractivity contribution in [2.75, 3.05) is 0 Å². The number of hydrogen-bond donors (Lipinski definition) is 0. The zero-order chi connectivity index (χ0) is 6.97. The van der Waals surface area contributed by atoms with Crippen molar-refractivity contribution in [2.24, 2.45) is 0 Å². The summed E-state index contributed by atoms with van der Waals surface area (Å²) in [4.78, 5) is 0. The van der Waals surface area contributed by atoms with Crippen LogP contribution in [0.25, 0.3) is 5.52 Å². The number of halogens is 1. The Balaban J connectivity index is 2.93. The molecule has 0 aliphatic rings. The number of nitrogens with zero attached hydrogens (tertiary/aromatic N) is 1. The molecule has 0 N–H and O–H groups in total. The molecule has 0 unspecified atom stereocenters. The summed E-state index contributed by atoms with van der Waals surface area (Å²) in [5, 5.41) is 0. The highest BCUT2D eigenvalue weighted by Crippen LogP contribution is 2.10. The first-order valence-electron chi connectivity index (χ1n) is 3.09. The predicted molar refractivity (Wildman–Crippen MR) is 50.1 cm³/mol. The molecule has 50 valence electrons. The van der Waals surface area contributed by atoms with Gasteiger partial charge < -0.3 is 4.40 Å². The second-order valence-electron chi connectivity index (χ2n) is 2.15. The summed E-state index contributed by atoms with van der Waals surface area (Å²) in [6, 6.07) is 10.4. The lowest BCUT2D eigenvalue weighted by Gasteiger charge is -1.92. The fourth-order valence-electron chi connectivity index (χ4n) is 1.02. The first-order chi connectivity index (χ1) is 4.88. The Labute approximate surface area is 72.8 Å². The van der Waals surface area contributed by atoms with E-state index >= 15 is 0 Å². The molecule has 0 aromatic carbocycles. The molecule has 2 aromatic rings. The van der Waals surface area contributed by atoms with Crippen LogP contribution in [0.15, 0.2) is 36.5 Å². The summed E-state index contributed by atoms with van der Waals surface area (Å²) in [5.74, 6) is 0. The maximum absolute atomic E-state index is 2.32. The Kier molecular flexibility index (Phi) is 1.41. The molecule has 0 aliphatic carbocycles. The lowest BCUT2D eigenvalue weighted by molar-refractivity contribution is 1.16. The van der Waals surface area contributed by atoms with Gasteiger partial charge in [-0.05, 0) is 46.9 Å².